The van der Waals surface area contributed by atoms with E-state index in [1.54, 1.807) is 0 Å². The van der Waals surface area contributed by atoms with Crippen LogP contribution in [0.5, 0.6) is 5.75 Å². The Balaban J connectivity index is 0.000000255. The summed E-state index contributed by atoms with van der Waals surface area (Å²) in [5.74, 6) is 0.794. The zero-order chi connectivity index (χ0) is 16.0. The summed E-state index contributed by atoms with van der Waals surface area (Å²) < 4.78 is 5.37. The second-order valence-electron chi connectivity index (χ2n) is 4.78. The zero-order valence-electron chi connectivity index (χ0n) is 13.1. The monoisotopic (exact) mass is 302 g/mol. The van der Waals surface area contributed by atoms with E-state index in [-0.39, 0.29) is 0 Å². The number of aliphatic hydroxyl groups excluding tert-OH is 1. The van der Waals surface area contributed by atoms with Crippen LogP contribution in [0.25, 0.3) is 0 Å². The summed E-state index contributed by atoms with van der Waals surface area (Å²) in [6.07, 6.45) is -0.449. The molecule has 0 heterocycles. The number of hydrogen-bond donors (Lipinski definition) is 3. The first-order valence-corrected chi connectivity index (χ1v) is 7.56. The maximum Gasteiger partial charge on any atom is 0.119 e. The molecule has 4 nitrogen and oxygen atoms in total. The molecule has 0 aliphatic rings. The van der Waals surface area contributed by atoms with Gasteiger partial charge in [0.2, 0.25) is 0 Å². The van der Waals surface area contributed by atoms with Crippen LogP contribution >= 0.6 is 0 Å². The topological polar surface area (TPSA) is 67.5 Å². The van der Waals surface area contributed by atoms with Gasteiger partial charge in [-0.1, -0.05) is 55.5 Å². The van der Waals surface area contributed by atoms with Crippen molar-refractivity contribution in [1.82, 2.24) is 5.32 Å². The van der Waals surface area contributed by atoms with E-state index in [0.29, 0.717) is 19.7 Å². The number of nitrogens with two attached hydrogens (primary N) is 1. The van der Waals surface area contributed by atoms with Gasteiger partial charge in [0.25, 0.3) is 0 Å². The van der Waals surface area contributed by atoms with Crippen LogP contribution in [0.2, 0.25) is 0 Å². The van der Waals surface area contributed by atoms with Crippen LogP contribution < -0.4 is 15.8 Å². The van der Waals surface area contributed by atoms with Crippen LogP contribution in [-0.4, -0.2) is 30.9 Å². The van der Waals surface area contributed by atoms with Crippen LogP contribution in [0.3, 0.4) is 0 Å². The van der Waals surface area contributed by atoms with Gasteiger partial charge >= 0.3 is 0 Å². The van der Waals surface area contributed by atoms with Gasteiger partial charge in [0.15, 0.2) is 0 Å². The Hall–Kier alpha value is -1.88. The molecule has 0 aliphatic heterocycles. The number of nitrogens with one attached hydrogen (secondary N) is 1. The molecule has 4 N–H and O–H groups in total. The van der Waals surface area contributed by atoms with E-state index in [1.165, 1.54) is 5.56 Å². The van der Waals surface area contributed by atoms with Gasteiger partial charge in [0, 0.05) is 13.1 Å². The summed E-state index contributed by atoms with van der Waals surface area (Å²) in [6.45, 7) is 4.41. The highest BCUT2D eigenvalue weighted by Crippen LogP contribution is 2.08. The van der Waals surface area contributed by atoms with Crippen molar-refractivity contribution in [3.8, 4) is 5.75 Å². The minimum Gasteiger partial charge on any atom is -0.491 e. The average molecular weight is 302 g/mol. The number of hydrogen-bond acceptors (Lipinski definition) is 4. The van der Waals surface area contributed by atoms with Gasteiger partial charge < -0.3 is 20.9 Å². The molecule has 0 bridgehead atoms. The first-order chi connectivity index (χ1) is 10.8. The van der Waals surface area contributed by atoms with Crippen LogP contribution in [0.1, 0.15) is 12.5 Å². The normalized spacial score (nSPS) is 11.2. The third-order valence-corrected chi connectivity index (χ3v) is 2.89. The summed E-state index contributed by atoms with van der Waals surface area (Å²) in [5, 5.41) is 12.5. The highest BCUT2D eigenvalue weighted by molar-refractivity contribution is 5.20. The van der Waals surface area contributed by atoms with Crippen LogP contribution in [0, 0.1) is 0 Å². The molecule has 2 aromatic rings. The quantitative estimate of drug-likeness (QED) is 0.733. The average Bonchev–Trinajstić information content (AvgIpc) is 2.60. The molecule has 0 spiro atoms. The van der Waals surface area contributed by atoms with Gasteiger partial charge in [-0.3, -0.25) is 0 Å². The molecule has 0 aromatic heterocycles. The van der Waals surface area contributed by atoms with Gasteiger partial charge in [-0.05, 0) is 24.2 Å². The van der Waals surface area contributed by atoms with E-state index in [2.05, 4.69) is 5.32 Å². The molecule has 2 aromatic carbocycles. The van der Waals surface area contributed by atoms with E-state index in [9.17, 15) is 5.11 Å². The lowest BCUT2D eigenvalue weighted by Gasteiger charge is -2.12. The van der Waals surface area contributed by atoms with E-state index >= 15 is 0 Å². The summed E-state index contributed by atoms with van der Waals surface area (Å²) >= 11 is 0. The molecule has 0 aliphatic carbocycles. The standard InChI is InChI=1S/C11H17NO2.C7H9N/c1-2-12-8-10(13)9-14-11-6-4-3-5-7-11;8-6-7-4-2-1-3-5-7/h3-7,10,12-13H,2,8-9H2,1H3;1-5H,6,8H2. The molecular weight excluding hydrogens is 276 g/mol. The van der Waals surface area contributed by atoms with Crippen molar-refractivity contribution in [2.45, 2.75) is 19.6 Å². The number of para-hydroxylation sites is 1. The Morgan fingerprint density at radius 2 is 1.64 bits per heavy atom. The Labute approximate surface area is 132 Å². The van der Waals surface area contributed by atoms with Crippen molar-refractivity contribution in [3.05, 3.63) is 66.2 Å². The lowest BCUT2D eigenvalue weighted by atomic mass is 10.2. The fraction of sp³-hybridized carbons (Fsp3) is 0.333. The van der Waals surface area contributed by atoms with E-state index in [4.69, 9.17) is 10.5 Å². The SMILES string of the molecule is CCNCC(O)COc1ccccc1.NCc1ccccc1. The fourth-order valence-corrected chi connectivity index (χ4v) is 1.69. The van der Waals surface area contributed by atoms with Gasteiger partial charge in [0.1, 0.15) is 18.5 Å². The molecule has 0 amide bonds. The molecule has 1 atom stereocenters. The predicted octanol–water partition coefficient (Wildman–Crippen LogP) is 2.18. The number of likely N-dealkylation sites (N-methyl/N-ethyl adjacent to an activating group) is 1. The summed E-state index contributed by atoms with van der Waals surface area (Å²) in [5.41, 5.74) is 6.54. The Kier molecular flexibility index (Phi) is 9.70. The second-order valence-corrected chi connectivity index (χ2v) is 4.78. The van der Waals surface area contributed by atoms with Crippen LogP contribution in [-0.2, 0) is 6.54 Å². The molecule has 4 heteroatoms. The van der Waals surface area contributed by atoms with E-state index in [1.807, 2.05) is 67.6 Å². The highest BCUT2D eigenvalue weighted by atomic mass is 16.5. The highest BCUT2D eigenvalue weighted by Gasteiger charge is 2.03. The smallest absolute Gasteiger partial charge is 0.119 e. The largest absolute Gasteiger partial charge is 0.491 e. The minimum absolute atomic E-state index is 0.330. The first kappa shape index (κ1) is 18.2. The van der Waals surface area contributed by atoms with Crippen molar-refractivity contribution >= 4 is 0 Å². The third kappa shape index (κ3) is 8.42. The summed E-state index contributed by atoms with van der Waals surface area (Å²) in [7, 11) is 0. The summed E-state index contributed by atoms with van der Waals surface area (Å²) in [6, 6.07) is 19.5. The summed E-state index contributed by atoms with van der Waals surface area (Å²) in [4.78, 5) is 0. The molecule has 2 rings (SSSR count). The van der Waals surface area contributed by atoms with Crippen LogP contribution in [0.15, 0.2) is 60.7 Å². The van der Waals surface area contributed by atoms with Gasteiger partial charge in [-0.25, -0.2) is 0 Å². The Bertz CT molecular complexity index is 477. The molecule has 0 radical (unpaired) electrons. The minimum atomic E-state index is -0.449. The van der Waals surface area contributed by atoms with E-state index in [0.717, 1.165) is 12.3 Å². The van der Waals surface area contributed by atoms with Crippen molar-refractivity contribution in [2.24, 2.45) is 5.73 Å². The lowest BCUT2D eigenvalue weighted by Crippen LogP contribution is -2.31. The van der Waals surface area contributed by atoms with Crippen molar-refractivity contribution in [3.63, 3.8) is 0 Å². The molecule has 0 saturated heterocycles. The van der Waals surface area contributed by atoms with E-state index < -0.39 is 6.10 Å². The first-order valence-electron chi connectivity index (χ1n) is 7.56. The Morgan fingerprint density at radius 1 is 1.05 bits per heavy atom. The second kappa shape index (κ2) is 11.7. The molecule has 120 valence electrons. The number of aliphatic hydroxyl groups is 1. The van der Waals surface area contributed by atoms with Gasteiger partial charge in [-0.15, -0.1) is 0 Å². The van der Waals surface area contributed by atoms with Crippen molar-refractivity contribution in [2.75, 3.05) is 19.7 Å². The van der Waals surface area contributed by atoms with Gasteiger partial charge in [0.05, 0.1) is 0 Å². The Morgan fingerprint density at radius 3 is 2.14 bits per heavy atom. The maximum absolute atomic E-state index is 9.45. The zero-order valence-corrected chi connectivity index (χ0v) is 13.1. The third-order valence-electron chi connectivity index (χ3n) is 2.89. The van der Waals surface area contributed by atoms with Crippen molar-refractivity contribution < 1.29 is 9.84 Å². The van der Waals surface area contributed by atoms with Crippen LogP contribution in [0.4, 0.5) is 0 Å². The predicted molar refractivity (Wildman–Crippen MR) is 90.8 cm³/mol. The number of ether oxygens (including phenoxy) is 1. The maximum atomic E-state index is 9.45. The van der Waals surface area contributed by atoms with Gasteiger partial charge in [-0.2, -0.15) is 0 Å². The number of benzene rings is 2. The molecule has 0 saturated carbocycles. The van der Waals surface area contributed by atoms with Crippen molar-refractivity contribution in [1.29, 1.82) is 0 Å². The molecule has 1 unspecified atom stereocenters. The molecule has 22 heavy (non-hydrogen) atoms. The molecule has 0 fully saturated rings. The lowest BCUT2D eigenvalue weighted by molar-refractivity contribution is 0.107. The number of rotatable bonds is 7. The molecular formula is C18H26N2O2. The fourth-order valence-electron chi connectivity index (χ4n) is 1.69.